The summed E-state index contributed by atoms with van der Waals surface area (Å²) >= 11 is 0. The summed E-state index contributed by atoms with van der Waals surface area (Å²) in [5, 5.41) is 0. The van der Waals surface area contributed by atoms with Gasteiger partial charge in [-0.1, -0.05) is 30.3 Å². The van der Waals surface area contributed by atoms with Crippen molar-refractivity contribution in [3.63, 3.8) is 0 Å². The van der Waals surface area contributed by atoms with Crippen molar-refractivity contribution >= 4 is 5.95 Å². The summed E-state index contributed by atoms with van der Waals surface area (Å²) in [6.07, 6.45) is 2.73. The summed E-state index contributed by atoms with van der Waals surface area (Å²) in [5.74, 6) is 0.715. The standard InChI is InChI=1S/C19H25N5O/c20-15-6-10-24(11-7-15)19-21-17-8-9-23(13-16(17)18(25)22-19)12-14-4-2-1-3-5-14/h1-5,15H,6-13,20H2,(H,21,22,25). The van der Waals surface area contributed by atoms with Gasteiger partial charge in [0.05, 0.1) is 11.3 Å². The number of fused-ring (bicyclic) bond motifs is 1. The molecule has 0 atom stereocenters. The molecular formula is C19H25N5O. The molecule has 1 fully saturated rings. The lowest BCUT2D eigenvalue weighted by Gasteiger charge is -2.32. The molecule has 2 aliphatic rings. The molecule has 3 N–H and O–H groups in total. The van der Waals surface area contributed by atoms with Crippen LogP contribution < -0.4 is 16.2 Å². The van der Waals surface area contributed by atoms with E-state index in [1.807, 2.05) is 6.07 Å². The van der Waals surface area contributed by atoms with E-state index < -0.39 is 0 Å². The number of nitrogens with one attached hydrogen (secondary N) is 1. The first-order chi connectivity index (χ1) is 12.2. The third-order valence-corrected chi connectivity index (χ3v) is 5.22. The number of anilines is 1. The summed E-state index contributed by atoms with van der Waals surface area (Å²) in [6, 6.07) is 10.7. The highest BCUT2D eigenvalue weighted by molar-refractivity contribution is 5.35. The molecule has 0 aliphatic carbocycles. The Bertz CT molecular complexity index is 780. The van der Waals surface area contributed by atoms with Crippen LogP contribution in [0.15, 0.2) is 35.1 Å². The monoisotopic (exact) mass is 339 g/mol. The number of aromatic nitrogens is 2. The van der Waals surface area contributed by atoms with Gasteiger partial charge in [-0.15, -0.1) is 0 Å². The Morgan fingerprint density at radius 3 is 2.68 bits per heavy atom. The average molecular weight is 339 g/mol. The van der Waals surface area contributed by atoms with Crippen LogP contribution in [0, 0.1) is 0 Å². The molecule has 4 rings (SSSR count). The fraction of sp³-hybridized carbons (Fsp3) is 0.474. The van der Waals surface area contributed by atoms with Gasteiger partial charge in [-0.2, -0.15) is 0 Å². The fourth-order valence-corrected chi connectivity index (χ4v) is 3.71. The molecular weight excluding hydrogens is 314 g/mol. The lowest BCUT2D eigenvalue weighted by Crippen LogP contribution is -2.42. The van der Waals surface area contributed by atoms with Gasteiger partial charge < -0.3 is 10.6 Å². The predicted molar refractivity (Wildman–Crippen MR) is 98.5 cm³/mol. The van der Waals surface area contributed by atoms with Crippen LogP contribution in [0.5, 0.6) is 0 Å². The van der Waals surface area contributed by atoms with Crippen LogP contribution in [0.1, 0.15) is 29.7 Å². The largest absolute Gasteiger partial charge is 0.342 e. The number of hydrogen-bond acceptors (Lipinski definition) is 5. The number of nitrogens with two attached hydrogens (primary N) is 1. The predicted octanol–water partition coefficient (Wildman–Crippen LogP) is 1.26. The normalized spacial score (nSPS) is 19.0. The molecule has 3 heterocycles. The highest BCUT2D eigenvalue weighted by Crippen LogP contribution is 2.20. The Kier molecular flexibility index (Phi) is 4.55. The second-order valence-corrected chi connectivity index (χ2v) is 7.09. The van der Waals surface area contributed by atoms with Crippen LogP contribution in [-0.4, -0.2) is 40.5 Å². The third kappa shape index (κ3) is 3.60. The molecule has 0 spiro atoms. The van der Waals surface area contributed by atoms with Crippen molar-refractivity contribution in [1.82, 2.24) is 14.9 Å². The zero-order chi connectivity index (χ0) is 17.2. The Morgan fingerprint density at radius 2 is 1.92 bits per heavy atom. The molecule has 1 aromatic heterocycles. The van der Waals surface area contributed by atoms with Crippen molar-refractivity contribution < 1.29 is 0 Å². The summed E-state index contributed by atoms with van der Waals surface area (Å²) in [5.41, 5.74) is 9.03. The minimum absolute atomic E-state index is 0.00707. The SMILES string of the molecule is NC1CCN(c2nc3c(c(=O)[nH]2)CN(Cc2ccccc2)CC3)CC1. The maximum atomic E-state index is 12.6. The highest BCUT2D eigenvalue weighted by atomic mass is 16.1. The van der Waals surface area contributed by atoms with Crippen LogP contribution in [0.3, 0.4) is 0 Å². The number of nitrogens with zero attached hydrogens (tertiary/aromatic N) is 3. The molecule has 0 unspecified atom stereocenters. The van der Waals surface area contributed by atoms with Crippen molar-refractivity contribution in [3.8, 4) is 0 Å². The molecule has 2 aliphatic heterocycles. The summed E-state index contributed by atoms with van der Waals surface area (Å²) in [4.78, 5) is 24.8. The Labute approximate surface area is 147 Å². The molecule has 0 radical (unpaired) electrons. The number of H-pyrrole nitrogens is 1. The second kappa shape index (κ2) is 6.98. The number of hydrogen-bond donors (Lipinski definition) is 2. The lowest BCUT2D eigenvalue weighted by atomic mass is 10.1. The topological polar surface area (TPSA) is 78.2 Å². The van der Waals surface area contributed by atoms with Crippen molar-refractivity contribution in [1.29, 1.82) is 0 Å². The molecule has 2 aromatic rings. The van der Waals surface area contributed by atoms with Gasteiger partial charge in [-0.25, -0.2) is 4.98 Å². The highest BCUT2D eigenvalue weighted by Gasteiger charge is 2.24. The molecule has 132 valence electrons. The summed E-state index contributed by atoms with van der Waals surface area (Å²) < 4.78 is 0. The molecule has 6 heteroatoms. The van der Waals surface area contributed by atoms with E-state index in [1.54, 1.807) is 0 Å². The van der Waals surface area contributed by atoms with Crippen molar-refractivity contribution in [3.05, 3.63) is 57.5 Å². The third-order valence-electron chi connectivity index (χ3n) is 5.22. The first-order valence-corrected chi connectivity index (χ1v) is 9.08. The molecule has 6 nitrogen and oxygen atoms in total. The summed E-state index contributed by atoms with van der Waals surface area (Å²) in [6.45, 7) is 4.19. The van der Waals surface area contributed by atoms with E-state index in [9.17, 15) is 4.79 Å². The average Bonchev–Trinajstić information content (AvgIpc) is 2.63. The minimum Gasteiger partial charge on any atom is -0.342 e. The first kappa shape index (κ1) is 16.3. The van der Waals surface area contributed by atoms with E-state index in [4.69, 9.17) is 10.7 Å². The van der Waals surface area contributed by atoms with E-state index in [-0.39, 0.29) is 11.6 Å². The van der Waals surface area contributed by atoms with Crippen LogP contribution in [0.4, 0.5) is 5.95 Å². The number of rotatable bonds is 3. The van der Waals surface area contributed by atoms with Crippen molar-refractivity contribution in [2.24, 2.45) is 5.73 Å². The van der Waals surface area contributed by atoms with Gasteiger partial charge in [0.1, 0.15) is 0 Å². The maximum absolute atomic E-state index is 12.6. The van der Waals surface area contributed by atoms with Crippen LogP contribution in [0.2, 0.25) is 0 Å². The van der Waals surface area contributed by atoms with Gasteiger partial charge in [-0.3, -0.25) is 14.7 Å². The molecule has 1 aromatic carbocycles. The van der Waals surface area contributed by atoms with Gasteiger partial charge in [-0.05, 0) is 18.4 Å². The van der Waals surface area contributed by atoms with E-state index in [0.29, 0.717) is 12.5 Å². The molecule has 0 amide bonds. The second-order valence-electron chi connectivity index (χ2n) is 7.09. The zero-order valence-electron chi connectivity index (χ0n) is 14.4. The zero-order valence-corrected chi connectivity index (χ0v) is 14.4. The van der Waals surface area contributed by atoms with Crippen molar-refractivity contribution in [2.45, 2.75) is 38.4 Å². The van der Waals surface area contributed by atoms with Gasteiger partial charge in [0.15, 0.2) is 0 Å². The van der Waals surface area contributed by atoms with Crippen LogP contribution >= 0.6 is 0 Å². The van der Waals surface area contributed by atoms with E-state index in [2.05, 4.69) is 39.0 Å². The number of aromatic amines is 1. The van der Waals surface area contributed by atoms with Crippen LogP contribution in [-0.2, 0) is 19.5 Å². The fourth-order valence-electron chi connectivity index (χ4n) is 3.71. The van der Waals surface area contributed by atoms with E-state index in [1.165, 1.54) is 5.56 Å². The molecule has 0 bridgehead atoms. The van der Waals surface area contributed by atoms with Gasteiger partial charge >= 0.3 is 0 Å². The quantitative estimate of drug-likeness (QED) is 0.880. The van der Waals surface area contributed by atoms with Gasteiger partial charge in [0, 0.05) is 45.2 Å². The number of piperidine rings is 1. The minimum atomic E-state index is 0.00707. The molecule has 1 saturated heterocycles. The lowest BCUT2D eigenvalue weighted by molar-refractivity contribution is 0.241. The Hall–Kier alpha value is -2.18. The van der Waals surface area contributed by atoms with Crippen LogP contribution in [0.25, 0.3) is 0 Å². The van der Waals surface area contributed by atoms with Gasteiger partial charge in [0.2, 0.25) is 5.95 Å². The molecule has 0 saturated carbocycles. The van der Waals surface area contributed by atoms with E-state index >= 15 is 0 Å². The van der Waals surface area contributed by atoms with Crippen molar-refractivity contribution in [2.75, 3.05) is 24.5 Å². The Balaban J connectivity index is 1.50. The number of benzene rings is 1. The maximum Gasteiger partial charge on any atom is 0.257 e. The summed E-state index contributed by atoms with van der Waals surface area (Å²) in [7, 11) is 0. The van der Waals surface area contributed by atoms with Gasteiger partial charge in [0.25, 0.3) is 5.56 Å². The van der Waals surface area contributed by atoms with E-state index in [0.717, 1.165) is 56.7 Å². The molecule has 25 heavy (non-hydrogen) atoms. The Morgan fingerprint density at radius 1 is 1.16 bits per heavy atom. The smallest absolute Gasteiger partial charge is 0.257 e. The first-order valence-electron chi connectivity index (χ1n) is 9.08.